The SMILES string of the molecule is CCCNC(c1ccccc1CC)C1CCCCC1CC. The van der Waals surface area contributed by atoms with E-state index in [1.165, 1.54) is 44.1 Å². The van der Waals surface area contributed by atoms with Crippen molar-refractivity contribution >= 4 is 0 Å². The van der Waals surface area contributed by atoms with Crippen LogP contribution in [0, 0.1) is 11.8 Å². The van der Waals surface area contributed by atoms with Gasteiger partial charge in [-0.05, 0) is 48.8 Å². The smallest absolute Gasteiger partial charge is 0.0354 e. The fraction of sp³-hybridized carbons (Fsp3) is 0.700. The average molecular weight is 287 g/mol. The minimum Gasteiger partial charge on any atom is -0.310 e. The van der Waals surface area contributed by atoms with E-state index in [2.05, 4.69) is 50.4 Å². The Bertz CT molecular complexity index is 412. The quantitative estimate of drug-likeness (QED) is 0.697. The third kappa shape index (κ3) is 4.10. The summed E-state index contributed by atoms with van der Waals surface area (Å²) in [6, 6.07) is 9.66. The molecule has 0 saturated heterocycles. The van der Waals surface area contributed by atoms with E-state index in [9.17, 15) is 0 Å². The number of nitrogens with one attached hydrogen (secondary N) is 1. The second-order valence-corrected chi connectivity index (χ2v) is 6.60. The molecule has 3 unspecified atom stereocenters. The van der Waals surface area contributed by atoms with Crippen LogP contribution in [-0.2, 0) is 6.42 Å². The summed E-state index contributed by atoms with van der Waals surface area (Å²) >= 11 is 0. The minimum atomic E-state index is 0.561. The average Bonchev–Trinajstić information content (AvgIpc) is 2.56. The Morgan fingerprint density at radius 3 is 2.57 bits per heavy atom. The van der Waals surface area contributed by atoms with Crippen molar-refractivity contribution in [1.29, 1.82) is 0 Å². The topological polar surface area (TPSA) is 12.0 Å². The molecule has 1 aliphatic rings. The van der Waals surface area contributed by atoms with Gasteiger partial charge in [0.2, 0.25) is 0 Å². The van der Waals surface area contributed by atoms with E-state index in [1.54, 1.807) is 5.56 Å². The van der Waals surface area contributed by atoms with Gasteiger partial charge in [0.25, 0.3) is 0 Å². The molecule has 0 amide bonds. The molecule has 21 heavy (non-hydrogen) atoms. The molecule has 3 atom stereocenters. The molecule has 1 nitrogen and oxygen atoms in total. The molecular formula is C20H33N. The highest BCUT2D eigenvalue weighted by Crippen LogP contribution is 2.41. The summed E-state index contributed by atoms with van der Waals surface area (Å²) in [6.07, 6.45) is 9.38. The summed E-state index contributed by atoms with van der Waals surface area (Å²) in [7, 11) is 0. The van der Waals surface area contributed by atoms with Gasteiger partial charge in [-0.3, -0.25) is 0 Å². The second-order valence-electron chi connectivity index (χ2n) is 6.60. The first kappa shape index (κ1) is 16.5. The Labute approximate surface area is 131 Å². The maximum atomic E-state index is 3.89. The van der Waals surface area contributed by atoms with Crippen molar-refractivity contribution in [3.63, 3.8) is 0 Å². The highest BCUT2D eigenvalue weighted by Gasteiger charge is 2.32. The van der Waals surface area contributed by atoms with E-state index in [1.807, 2.05) is 0 Å². The Balaban J connectivity index is 2.28. The first-order valence-corrected chi connectivity index (χ1v) is 9.12. The molecule has 1 aromatic rings. The summed E-state index contributed by atoms with van der Waals surface area (Å²) in [5.74, 6) is 1.72. The molecule has 0 bridgehead atoms. The molecule has 1 heteroatoms. The van der Waals surface area contributed by atoms with Crippen LogP contribution < -0.4 is 5.32 Å². The van der Waals surface area contributed by atoms with Crippen molar-refractivity contribution < 1.29 is 0 Å². The van der Waals surface area contributed by atoms with Gasteiger partial charge in [0.15, 0.2) is 0 Å². The third-order valence-electron chi connectivity index (χ3n) is 5.31. The number of hydrogen-bond donors (Lipinski definition) is 1. The molecule has 2 rings (SSSR count). The lowest BCUT2D eigenvalue weighted by molar-refractivity contribution is 0.175. The van der Waals surface area contributed by atoms with E-state index >= 15 is 0 Å². The summed E-state index contributed by atoms with van der Waals surface area (Å²) in [6.45, 7) is 8.07. The zero-order valence-corrected chi connectivity index (χ0v) is 14.2. The highest BCUT2D eigenvalue weighted by atomic mass is 14.9. The number of rotatable bonds is 7. The molecule has 0 radical (unpaired) electrons. The van der Waals surface area contributed by atoms with E-state index in [4.69, 9.17) is 0 Å². The number of benzene rings is 1. The lowest BCUT2D eigenvalue weighted by atomic mass is 9.71. The van der Waals surface area contributed by atoms with Crippen LogP contribution in [0.4, 0.5) is 0 Å². The van der Waals surface area contributed by atoms with Crippen molar-refractivity contribution in [2.45, 2.75) is 71.8 Å². The maximum absolute atomic E-state index is 3.89. The van der Waals surface area contributed by atoms with Crippen LogP contribution in [0.15, 0.2) is 24.3 Å². The maximum Gasteiger partial charge on any atom is 0.0354 e. The van der Waals surface area contributed by atoms with Gasteiger partial charge in [0.05, 0.1) is 0 Å². The molecule has 0 spiro atoms. The van der Waals surface area contributed by atoms with Crippen molar-refractivity contribution in [2.75, 3.05) is 6.54 Å². The Morgan fingerprint density at radius 2 is 1.86 bits per heavy atom. The van der Waals surface area contributed by atoms with E-state index in [-0.39, 0.29) is 0 Å². The first-order valence-electron chi connectivity index (χ1n) is 9.12. The van der Waals surface area contributed by atoms with Crippen molar-refractivity contribution in [3.05, 3.63) is 35.4 Å². The first-order chi connectivity index (χ1) is 10.3. The fourth-order valence-electron chi connectivity index (χ4n) is 4.13. The standard InChI is InChI=1S/C20H33N/c1-4-15-21-20(18-13-9-7-11-16(18)5-2)19-14-10-8-12-17(19)6-3/h7,9,11,13,17,19-21H,4-6,8,10,12,14-15H2,1-3H3. The van der Waals surface area contributed by atoms with Crippen molar-refractivity contribution in [3.8, 4) is 0 Å². The second kappa shape index (κ2) is 8.58. The lowest BCUT2D eigenvalue weighted by Crippen LogP contribution is -2.35. The van der Waals surface area contributed by atoms with Crippen LogP contribution in [0.1, 0.15) is 76.5 Å². The molecule has 1 aromatic carbocycles. The van der Waals surface area contributed by atoms with Crippen LogP contribution in [-0.4, -0.2) is 6.54 Å². The van der Waals surface area contributed by atoms with Crippen LogP contribution in [0.3, 0.4) is 0 Å². The van der Waals surface area contributed by atoms with Gasteiger partial charge >= 0.3 is 0 Å². The van der Waals surface area contributed by atoms with E-state index in [0.29, 0.717) is 6.04 Å². The molecule has 118 valence electrons. The minimum absolute atomic E-state index is 0.561. The van der Waals surface area contributed by atoms with Crippen LogP contribution in [0.2, 0.25) is 0 Å². The zero-order chi connectivity index (χ0) is 15.1. The molecule has 1 aliphatic carbocycles. The van der Waals surface area contributed by atoms with Gasteiger partial charge in [-0.1, -0.05) is 70.7 Å². The van der Waals surface area contributed by atoms with Crippen molar-refractivity contribution in [1.82, 2.24) is 5.32 Å². The van der Waals surface area contributed by atoms with Gasteiger partial charge in [0, 0.05) is 6.04 Å². The van der Waals surface area contributed by atoms with Gasteiger partial charge in [-0.2, -0.15) is 0 Å². The van der Waals surface area contributed by atoms with Crippen molar-refractivity contribution in [2.24, 2.45) is 11.8 Å². The summed E-state index contributed by atoms with van der Waals surface area (Å²) in [5, 5.41) is 3.89. The summed E-state index contributed by atoms with van der Waals surface area (Å²) in [5.41, 5.74) is 3.10. The normalized spacial score (nSPS) is 24.0. The molecule has 1 fully saturated rings. The molecule has 0 aromatic heterocycles. The van der Waals surface area contributed by atoms with Gasteiger partial charge in [-0.15, -0.1) is 0 Å². The van der Waals surface area contributed by atoms with Gasteiger partial charge in [-0.25, -0.2) is 0 Å². The fourth-order valence-corrected chi connectivity index (χ4v) is 4.13. The van der Waals surface area contributed by atoms with Gasteiger partial charge < -0.3 is 5.32 Å². The van der Waals surface area contributed by atoms with E-state index < -0.39 is 0 Å². The van der Waals surface area contributed by atoms with Crippen LogP contribution >= 0.6 is 0 Å². The largest absolute Gasteiger partial charge is 0.310 e. The molecule has 0 aliphatic heterocycles. The highest BCUT2D eigenvalue weighted by molar-refractivity contribution is 5.31. The molecule has 0 heterocycles. The zero-order valence-electron chi connectivity index (χ0n) is 14.2. The molecular weight excluding hydrogens is 254 g/mol. The summed E-state index contributed by atoms with van der Waals surface area (Å²) in [4.78, 5) is 0. The Kier molecular flexibility index (Phi) is 6.76. The summed E-state index contributed by atoms with van der Waals surface area (Å²) < 4.78 is 0. The van der Waals surface area contributed by atoms with Gasteiger partial charge in [0.1, 0.15) is 0 Å². The Morgan fingerprint density at radius 1 is 1.10 bits per heavy atom. The predicted octanol–water partition coefficient (Wildman–Crippen LogP) is 5.51. The van der Waals surface area contributed by atoms with Crippen LogP contribution in [0.5, 0.6) is 0 Å². The lowest BCUT2D eigenvalue weighted by Gasteiger charge is -2.38. The predicted molar refractivity (Wildman–Crippen MR) is 92.6 cm³/mol. The van der Waals surface area contributed by atoms with E-state index in [0.717, 1.165) is 24.8 Å². The monoisotopic (exact) mass is 287 g/mol. The third-order valence-corrected chi connectivity index (χ3v) is 5.31. The van der Waals surface area contributed by atoms with Crippen LogP contribution in [0.25, 0.3) is 0 Å². The number of hydrogen-bond acceptors (Lipinski definition) is 1. The number of aryl methyl sites for hydroxylation is 1. The Hall–Kier alpha value is -0.820. The molecule has 1 saturated carbocycles. The molecule has 1 N–H and O–H groups in total.